The topological polar surface area (TPSA) is 32.8 Å². The molecule has 0 N–H and O–H groups in total. The van der Waals surface area contributed by atoms with Crippen molar-refractivity contribution in [2.45, 2.75) is 57.8 Å². The van der Waals surface area contributed by atoms with Crippen molar-refractivity contribution < 1.29 is 8.83 Å². The number of hydrogen-bond donors (Lipinski definition) is 0. The first-order valence-corrected chi connectivity index (χ1v) is 27.7. The van der Waals surface area contributed by atoms with Crippen LogP contribution in [0.15, 0.2) is 239 Å². The smallest absolute Gasteiger partial charge is 0.144 e. The first kappa shape index (κ1) is 45.8. The van der Waals surface area contributed by atoms with Crippen LogP contribution in [0, 0.1) is 0 Å². The van der Waals surface area contributed by atoms with E-state index < -0.39 is 0 Å². The number of anilines is 6. The third-order valence-corrected chi connectivity index (χ3v) is 18.2. The Morgan fingerprint density at radius 2 is 0.709 bits per heavy atom. The Morgan fingerprint density at radius 1 is 0.291 bits per heavy atom. The summed E-state index contributed by atoms with van der Waals surface area (Å²) in [6, 6.07) is 84.2. The molecular formula is C75H56N2O2. The Bertz CT molecular complexity index is 4630. The molecule has 2 heterocycles. The minimum Gasteiger partial charge on any atom is -0.455 e. The zero-order valence-corrected chi connectivity index (χ0v) is 45.2. The molecule has 0 fully saturated rings. The van der Waals surface area contributed by atoms with Gasteiger partial charge in [-0.05, 0) is 158 Å². The monoisotopic (exact) mass is 1020 g/mol. The number of rotatable bonds is 7. The van der Waals surface area contributed by atoms with E-state index in [1.165, 1.54) is 82.9 Å². The van der Waals surface area contributed by atoms with Gasteiger partial charge in [-0.1, -0.05) is 181 Å². The lowest BCUT2D eigenvalue weighted by molar-refractivity contribution is 0.600. The van der Waals surface area contributed by atoms with Crippen LogP contribution in [0.25, 0.3) is 88.4 Å². The quantitative estimate of drug-likeness (QED) is 0.159. The molecule has 0 bridgehead atoms. The molecule has 0 spiro atoms. The number of nitrogens with zero attached hydrogens (tertiary/aromatic N) is 2. The molecule has 13 aromatic rings. The molecule has 4 heteroatoms. The molecule has 0 amide bonds. The number of furan rings is 2. The lowest BCUT2D eigenvalue weighted by Crippen LogP contribution is -2.24. The Balaban J connectivity index is 0.912. The van der Waals surface area contributed by atoms with Crippen molar-refractivity contribution in [2.75, 3.05) is 9.80 Å². The summed E-state index contributed by atoms with van der Waals surface area (Å²) in [6.45, 7) is 14.5. The lowest BCUT2D eigenvalue weighted by Gasteiger charge is -2.32. The maximum atomic E-state index is 7.11. The second-order valence-corrected chi connectivity index (χ2v) is 23.6. The standard InChI is InChI=1S/C75H56N2O2/c1-73(2)59-42-50(38-40-53(59)64-61(73)44-57(45-22-10-7-11-23-45)71-66(64)55-29-17-20-32-62(55)78-71)77(49-36-34-48(35-37-49)76(46-24-12-8-13-25-46)47-26-14-9-15-27-47)51-39-41-54-60(43-51)75(5,6)70-68(54)72-67(56-30-18-21-33-63(56)79-72)65-52-28-16-19-31-58(52)74(3,4)69(65)70/h7-44H,1-6H3. The highest BCUT2D eigenvalue weighted by Gasteiger charge is 2.49. The molecule has 79 heavy (non-hydrogen) atoms. The van der Waals surface area contributed by atoms with Gasteiger partial charge in [0.1, 0.15) is 22.3 Å². The molecule has 4 nitrogen and oxygen atoms in total. The highest BCUT2D eigenvalue weighted by Crippen LogP contribution is 2.64. The van der Waals surface area contributed by atoms with E-state index in [1.807, 2.05) is 0 Å². The molecule has 0 saturated carbocycles. The molecule has 0 unspecified atom stereocenters. The predicted molar refractivity (Wildman–Crippen MR) is 328 cm³/mol. The molecule has 0 atom stereocenters. The van der Waals surface area contributed by atoms with E-state index in [0.29, 0.717) is 0 Å². The van der Waals surface area contributed by atoms with E-state index in [0.717, 1.165) is 73.0 Å². The van der Waals surface area contributed by atoms with Gasteiger partial charge < -0.3 is 18.6 Å². The third kappa shape index (κ3) is 6.31. The fourth-order valence-electron chi connectivity index (χ4n) is 14.5. The zero-order chi connectivity index (χ0) is 53.1. The van der Waals surface area contributed by atoms with E-state index in [2.05, 4.69) is 282 Å². The van der Waals surface area contributed by atoms with Gasteiger partial charge in [-0.15, -0.1) is 0 Å². The SMILES string of the molecule is CC1(C)c2cc(N(c3ccc(N(c4ccccc4)c4ccccc4)cc3)c3ccc4c(c3)C(C)(C)c3c5c(c6c(oc7ccccc76)c3-4)-c3ccccc3C5(C)C)ccc2-c2c1cc(-c1ccccc1)c1oc3ccccc3c21. The second-order valence-electron chi connectivity index (χ2n) is 23.6. The van der Waals surface area contributed by atoms with Crippen molar-refractivity contribution in [3.8, 4) is 44.5 Å². The average Bonchev–Trinajstić information content (AvgIpc) is 3.49. The summed E-state index contributed by atoms with van der Waals surface area (Å²) in [4.78, 5) is 4.82. The second kappa shape index (κ2) is 16.3. The van der Waals surface area contributed by atoms with Gasteiger partial charge in [0.15, 0.2) is 0 Å². The first-order valence-electron chi connectivity index (χ1n) is 27.7. The van der Waals surface area contributed by atoms with Crippen LogP contribution >= 0.6 is 0 Å². The highest BCUT2D eigenvalue weighted by molar-refractivity contribution is 6.21. The molecular weight excluding hydrogens is 961 g/mol. The van der Waals surface area contributed by atoms with Crippen LogP contribution in [0.3, 0.4) is 0 Å². The summed E-state index contributed by atoms with van der Waals surface area (Å²) in [5, 5.41) is 4.70. The van der Waals surface area contributed by atoms with Crippen LogP contribution in [0.2, 0.25) is 0 Å². The van der Waals surface area contributed by atoms with Crippen molar-refractivity contribution in [3.05, 3.63) is 264 Å². The van der Waals surface area contributed by atoms with E-state index in [9.17, 15) is 0 Å². The predicted octanol–water partition coefficient (Wildman–Crippen LogP) is 21.0. The van der Waals surface area contributed by atoms with Crippen molar-refractivity contribution in [2.24, 2.45) is 0 Å². The van der Waals surface area contributed by atoms with Crippen molar-refractivity contribution >= 4 is 78.0 Å². The van der Waals surface area contributed by atoms with Gasteiger partial charge in [-0.2, -0.15) is 0 Å². The Morgan fingerprint density at radius 3 is 1.32 bits per heavy atom. The molecule has 11 aromatic carbocycles. The molecule has 2 aromatic heterocycles. The number of para-hydroxylation sites is 4. The maximum Gasteiger partial charge on any atom is 0.144 e. The Labute approximate surface area is 460 Å². The lowest BCUT2D eigenvalue weighted by atomic mass is 9.72. The number of fused-ring (bicyclic) bond motifs is 19. The van der Waals surface area contributed by atoms with Gasteiger partial charge in [-0.3, -0.25) is 0 Å². The maximum absolute atomic E-state index is 7.11. The van der Waals surface area contributed by atoms with Crippen LogP contribution in [0.4, 0.5) is 34.1 Å². The Kier molecular flexibility index (Phi) is 9.46. The first-order chi connectivity index (χ1) is 38.5. The number of benzene rings is 11. The zero-order valence-electron chi connectivity index (χ0n) is 45.2. The largest absolute Gasteiger partial charge is 0.455 e. The summed E-state index contributed by atoms with van der Waals surface area (Å²) in [7, 11) is 0. The highest BCUT2D eigenvalue weighted by atomic mass is 16.3. The average molecular weight is 1020 g/mol. The molecule has 0 aliphatic heterocycles. The summed E-state index contributed by atoms with van der Waals surface area (Å²) in [5.74, 6) is 0. The summed E-state index contributed by atoms with van der Waals surface area (Å²) in [6.07, 6.45) is 0. The van der Waals surface area contributed by atoms with Crippen molar-refractivity contribution in [1.82, 2.24) is 0 Å². The fraction of sp³-hybridized carbons (Fsp3) is 0.120. The van der Waals surface area contributed by atoms with Crippen LogP contribution < -0.4 is 9.80 Å². The Hall–Kier alpha value is -9.38. The molecule has 3 aliphatic rings. The molecule has 0 radical (unpaired) electrons. The van der Waals surface area contributed by atoms with Crippen molar-refractivity contribution in [3.63, 3.8) is 0 Å². The van der Waals surface area contributed by atoms with E-state index >= 15 is 0 Å². The van der Waals surface area contributed by atoms with E-state index in [1.54, 1.807) is 0 Å². The van der Waals surface area contributed by atoms with Gasteiger partial charge in [0.25, 0.3) is 0 Å². The molecule has 16 rings (SSSR count). The molecule has 3 aliphatic carbocycles. The summed E-state index contributed by atoms with van der Waals surface area (Å²) in [5.41, 5.74) is 27.2. The van der Waals surface area contributed by atoms with Gasteiger partial charge in [-0.25, -0.2) is 0 Å². The summed E-state index contributed by atoms with van der Waals surface area (Å²) < 4.78 is 14.0. The number of hydrogen-bond acceptors (Lipinski definition) is 4. The fourth-order valence-corrected chi connectivity index (χ4v) is 14.5. The van der Waals surface area contributed by atoms with Crippen LogP contribution in [0.5, 0.6) is 0 Å². The van der Waals surface area contributed by atoms with Gasteiger partial charge in [0.2, 0.25) is 0 Å². The molecule has 0 saturated heterocycles. The van der Waals surface area contributed by atoms with Gasteiger partial charge >= 0.3 is 0 Å². The normalized spacial score (nSPS) is 14.8. The van der Waals surface area contributed by atoms with Crippen LogP contribution in [-0.2, 0) is 16.2 Å². The van der Waals surface area contributed by atoms with Gasteiger partial charge in [0.05, 0.1) is 0 Å². The van der Waals surface area contributed by atoms with Crippen LogP contribution in [-0.4, -0.2) is 0 Å². The van der Waals surface area contributed by atoms with E-state index in [-0.39, 0.29) is 16.2 Å². The minimum atomic E-state index is -0.380. The minimum absolute atomic E-state index is 0.239. The molecule has 378 valence electrons. The third-order valence-electron chi connectivity index (χ3n) is 18.2. The summed E-state index contributed by atoms with van der Waals surface area (Å²) >= 11 is 0. The van der Waals surface area contributed by atoms with Crippen LogP contribution in [0.1, 0.15) is 74.9 Å². The van der Waals surface area contributed by atoms with Gasteiger partial charge in [0, 0.05) is 83.0 Å². The van der Waals surface area contributed by atoms with E-state index in [4.69, 9.17) is 8.83 Å². The van der Waals surface area contributed by atoms with Crippen molar-refractivity contribution in [1.29, 1.82) is 0 Å².